The molecule has 0 radical (unpaired) electrons. The zero-order valence-corrected chi connectivity index (χ0v) is 27.8. The maximum Gasteiger partial charge on any atom is 0.298 e. The lowest BCUT2D eigenvalue weighted by Gasteiger charge is -2.31. The number of rotatable bonds is 14. The van der Waals surface area contributed by atoms with Gasteiger partial charge in [-0.2, -0.15) is 0 Å². The number of aromatic nitrogens is 2. The molecule has 1 aliphatic rings. The molecule has 0 atom stereocenters. The number of anilines is 4. The number of carbonyl (C=O) groups excluding carboxylic acids is 1. The molecule has 2 aromatic heterocycles. The molecule has 49 heavy (non-hydrogen) atoms. The van der Waals surface area contributed by atoms with Crippen LogP contribution in [0.1, 0.15) is 28.1 Å². The van der Waals surface area contributed by atoms with Gasteiger partial charge in [-0.3, -0.25) is 19.6 Å². The van der Waals surface area contributed by atoms with Gasteiger partial charge in [-0.05, 0) is 86.6 Å². The van der Waals surface area contributed by atoms with Gasteiger partial charge < -0.3 is 42.4 Å². The van der Waals surface area contributed by atoms with Crippen LogP contribution in [0.25, 0.3) is 16.0 Å². The van der Waals surface area contributed by atoms with E-state index >= 15 is 0 Å². The number of hydrogen-bond donors (Lipinski definition) is 7. The lowest BCUT2D eigenvalue weighted by Crippen LogP contribution is -2.32. The van der Waals surface area contributed by atoms with Gasteiger partial charge in [0.1, 0.15) is 17.2 Å². The smallest absolute Gasteiger partial charge is 0.298 e. The molecule has 254 valence electrons. The number of nitrogens with one attached hydrogen (secondary N) is 5. The van der Waals surface area contributed by atoms with Gasteiger partial charge in [0.25, 0.3) is 11.5 Å². The third-order valence-corrected chi connectivity index (χ3v) is 9.05. The number of nitrogen functional groups attached to an aromatic ring is 1. The first kappa shape index (κ1) is 33.5. The molecular formula is C35H40N10O3S. The molecule has 5 aromatic rings. The highest BCUT2D eigenvalue weighted by molar-refractivity contribution is 7.20. The molecule has 0 bridgehead atoms. The van der Waals surface area contributed by atoms with E-state index in [4.69, 9.17) is 21.6 Å². The minimum atomic E-state index is -0.459. The van der Waals surface area contributed by atoms with Crippen molar-refractivity contribution < 1.29 is 9.53 Å². The maximum absolute atomic E-state index is 13.4. The number of nitrogens with zero attached hydrogens (tertiary/aromatic N) is 3. The molecule has 1 amide bonds. The number of carbonyl (C=O) groups is 1. The molecular weight excluding hydrogens is 641 g/mol. The fourth-order valence-electron chi connectivity index (χ4n) is 5.61. The van der Waals surface area contributed by atoms with Crippen molar-refractivity contribution in [3.05, 3.63) is 99.7 Å². The van der Waals surface area contributed by atoms with Crippen LogP contribution in [0.3, 0.4) is 0 Å². The Morgan fingerprint density at radius 3 is 2.47 bits per heavy atom. The van der Waals surface area contributed by atoms with E-state index < -0.39 is 5.56 Å². The molecule has 0 saturated heterocycles. The molecule has 0 unspecified atom stereocenters. The standard InChI is InChI=1S/C35H40N10O3S/c36-31-34(47)45(26-12-13-29-27(20-26)44(18-19-48-29)25-6-2-1-3-7-25)28-21-30(49-33(28)43-31)32(46)42-24-10-8-23(9-11-24)22-40-16-4-14-39-15-5-17-41-35(37)38/h1-3,6-13,20-21,39-40H,4-5,14-19,22H2,(H2,36,43)(H,42,46)(H4,37,38,41). The number of para-hydroxylation sites is 1. The summed E-state index contributed by atoms with van der Waals surface area (Å²) in [7, 11) is 0. The summed E-state index contributed by atoms with van der Waals surface area (Å²) >= 11 is 1.18. The average molecular weight is 681 g/mol. The molecule has 9 N–H and O–H groups in total. The minimum absolute atomic E-state index is 0.00174. The highest BCUT2D eigenvalue weighted by Crippen LogP contribution is 2.38. The van der Waals surface area contributed by atoms with Gasteiger partial charge in [0.2, 0.25) is 0 Å². The maximum atomic E-state index is 13.4. The Kier molecular flexibility index (Phi) is 10.7. The van der Waals surface area contributed by atoms with E-state index in [0.29, 0.717) is 46.3 Å². The van der Waals surface area contributed by atoms with Crippen molar-refractivity contribution in [3.63, 3.8) is 0 Å². The van der Waals surface area contributed by atoms with E-state index in [2.05, 4.69) is 31.2 Å². The molecule has 3 heterocycles. The second-order valence-electron chi connectivity index (χ2n) is 11.6. The summed E-state index contributed by atoms with van der Waals surface area (Å²) in [4.78, 5) is 34.1. The third-order valence-electron chi connectivity index (χ3n) is 8.03. The third kappa shape index (κ3) is 8.17. The quantitative estimate of drug-likeness (QED) is 0.0517. The number of ether oxygens (including phenoxy) is 1. The molecule has 1 aliphatic heterocycles. The summed E-state index contributed by atoms with van der Waals surface area (Å²) in [6, 6.07) is 25.0. The van der Waals surface area contributed by atoms with E-state index in [1.54, 1.807) is 6.07 Å². The summed E-state index contributed by atoms with van der Waals surface area (Å²) in [5.41, 5.74) is 15.6. The van der Waals surface area contributed by atoms with Crippen molar-refractivity contribution in [1.29, 1.82) is 5.41 Å². The molecule has 0 fully saturated rings. The van der Waals surface area contributed by atoms with Crippen LogP contribution in [0.15, 0.2) is 83.7 Å². The van der Waals surface area contributed by atoms with Gasteiger partial charge in [-0.25, -0.2) is 4.98 Å². The summed E-state index contributed by atoms with van der Waals surface area (Å²) in [5.74, 6) is 0.277. The Labute approximate surface area is 287 Å². The summed E-state index contributed by atoms with van der Waals surface area (Å²) < 4.78 is 7.44. The van der Waals surface area contributed by atoms with Crippen LogP contribution < -0.4 is 47.9 Å². The molecule has 0 spiro atoms. The van der Waals surface area contributed by atoms with Crippen LogP contribution in [0.2, 0.25) is 0 Å². The van der Waals surface area contributed by atoms with Crippen molar-refractivity contribution in [3.8, 4) is 11.4 Å². The molecule has 13 nitrogen and oxygen atoms in total. The zero-order chi connectivity index (χ0) is 34.2. The van der Waals surface area contributed by atoms with Crippen molar-refractivity contribution in [2.45, 2.75) is 19.4 Å². The predicted molar refractivity (Wildman–Crippen MR) is 197 cm³/mol. The van der Waals surface area contributed by atoms with Gasteiger partial charge in [0.15, 0.2) is 11.8 Å². The molecule has 3 aromatic carbocycles. The van der Waals surface area contributed by atoms with E-state index in [1.165, 1.54) is 15.9 Å². The first-order valence-electron chi connectivity index (χ1n) is 16.2. The van der Waals surface area contributed by atoms with Crippen LogP contribution in [0.5, 0.6) is 5.75 Å². The molecule has 0 saturated carbocycles. The van der Waals surface area contributed by atoms with Crippen LogP contribution in [-0.4, -0.2) is 60.7 Å². The number of thiophene rings is 1. The van der Waals surface area contributed by atoms with Crippen LogP contribution in [0.4, 0.5) is 22.9 Å². The molecule has 6 rings (SSSR count). The van der Waals surface area contributed by atoms with Crippen molar-refractivity contribution in [2.75, 3.05) is 55.3 Å². The van der Waals surface area contributed by atoms with Crippen LogP contribution in [0, 0.1) is 5.41 Å². The Morgan fingerprint density at radius 1 is 0.939 bits per heavy atom. The van der Waals surface area contributed by atoms with Gasteiger partial charge in [-0.1, -0.05) is 30.3 Å². The Bertz CT molecular complexity index is 1980. The summed E-state index contributed by atoms with van der Waals surface area (Å²) in [5, 5.41) is 19.7. The predicted octanol–water partition coefficient (Wildman–Crippen LogP) is 3.75. The van der Waals surface area contributed by atoms with Gasteiger partial charge in [0, 0.05) is 24.5 Å². The van der Waals surface area contributed by atoms with Crippen molar-refractivity contribution >= 4 is 56.4 Å². The lowest BCUT2D eigenvalue weighted by atomic mass is 10.1. The van der Waals surface area contributed by atoms with Crippen molar-refractivity contribution in [1.82, 2.24) is 25.5 Å². The Morgan fingerprint density at radius 2 is 1.69 bits per heavy atom. The minimum Gasteiger partial charge on any atom is -0.490 e. The van der Waals surface area contributed by atoms with E-state index in [-0.39, 0.29) is 17.7 Å². The summed E-state index contributed by atoms with van der Waals surface area (Å²) in [6.45, 7) is 5.26. The number of guanidine groups is 1. The number of hydrogen-bond acceptors (Lipinski definition) is 10. The van der Waals surface area contributed by atoms with Gasteiger partial charge >= 0.3 is 0 Å². The topological polar surface area (TPSA) is 188 Å². The van der Waals surface area contributed by atoms with Gasteiger partial charge in [0.05, 0.1) is 28.3 Å². The second-order valence-corrected chi connectivity index (χ2v) is 12.6. The molecule has 0 aliphatic carbocycles. The highest BCUT2D eigenvalue weighted by atomic mass is 32.1. The van der Waals surface area contributed by atoms with E-state index in [1.807, 2.05) is 72.8 Å². The summed E-state index contributed by atoms with van der Waals surface area (Å²) in [6.07, 6.45) is 1.90. The number of amides is 1. The first-order valence-corrected chi connectivity index (χ1v) is 17.0. The number of benzene rings is 3. The van der Waals surface area contributed by atoms with Crippen LogP contribution >= 0.6 is 11.3 Å². The number of nitrogens with two attached hydrogens (primary N) is 2. The van der Waals surface area contributed by atoms with E-state index in [0.717, 1.165) is 61.7 Å². The normalized spacial score (nSPS) is 12.4. The van der Waals surface area contributed by atoms with Crippen LogP contribution in [-0.2, 0) is 6.54 Å². The lowest BCUT2D eigenvalue weighted by molar-refractivity contribution is 0.103. The van der Waals surface area contributed by atoms with Gasteiger partial charge in [-0.15, -0.1) is 11.3 Å². The fourth-order valence-corrected chi connectivity index (χ4v) is 6.54. The second kappa shape index (κ2) is 15.6. The Hall–Kier alpha value is -5.44. The average Bonchev–Trinajstić information content (AvgIpc) is 3.53. The zero-order valence-electron chi connectivity index (χ0n) is 27.0. The fraction of sp³-hybridized carbons (Fsp3) is 0.257. The van der Waals surface area contributed by atoms with Crippen molar-refractivity contribution in [2.24, 2.45) is 5.73 Å². The Balaban J connectivity index is 1.09. The molecule has 14 heteroatoms. The monoisotopic (exact) mass is 680 g/mol. The number of fused-ring (bicyclic) bond motifs is 2. The SMILES string of the molecule is N=C(N)NCCCNCCCNCc1ccc(NC(=O)c2cc3c(nc(N)c(=O)n3-c3ccc4c(c3)N(c3ccccc3)CCO4)s2)cc1. The first-order chi connectivity index (χ1) is 23.9. The largest absolute Gasteiger partial charge is 0.490 e. The van der Waals surface area contributed by atoms with E-state index in [9.17, 15) is 9.59 Å². The highest BCUT2D eigenvalue weighted by Gasteiger charge is 2.23.